The number of aromatic amines is 2. The van der Waals surface area contributed by atoms with Crippen molar-refractivity contribution in [3.8, 4) is 0 Å². The molecule has 0 aliphatic rings. The summed E-state index contributed by atoms with van der Waals surface area (Å²) < 4.78 is 4.82. The Bertz CT molecular complexity index is 982. The van der Waals surface area contributed by atoms with Crippen molar-refractivity contribution in [1.82, 2.24) is 9.97 Å². The van der Waals surface area contributed by atoms with Crippen molar-refractivity contribution in [1.29, 1.82) is 0 Å². The molecular formula is C19H20N2O5. The van der Waals surface area contributed by atoms with E-state index in [0.717, 1.165) is 5.56 Å². The van der Waals surface area contributed by atoms with Gasteiger partial charge in [0, 0.05) is 17.2 Å². The molecule has 0 atom stereocenters. The predicted octanol–water partition coefficient (Wildman–Crippen LogP) is 1.74. The van der Waals surface area contributed by atoms with Gasteiger partial charge in [-0.3, -0.25) is 14.6 Å². The molecule has 136 valence electrons. The molecule has 0 unspecified atom stereocenters. The van der Waals surface area contributed by atoms with E-state index in [1.54, 1.807) is 45.0 Å². The highest BCUT2D eigenvalue weighted by molar-refractivity contribution is 6.09. The van der Waals surface area contributed by atoms with E-state index in [-0.39, 0.29) is 11.3 Å². The minimum absolute atomic E-state index is 0.000773. The topological polar surface area (TPSA) is 109 Å². The maximum absolute atomic E-state index is 12.8. The summed E-state index contributed by atoms with van der Waals surface area (Å²) in [6.07, 6.45) is 3.21. The second-order valence-electron chi connectivity index (χ2n) is 5.60. The smallest absolute Gasteiger partial charge is 0.330 e. The summed E-state index contributed by atoms with van der Waals surface area (Å²) in [5.41, 5.74) is 0.702. The van der Waals surface area contributed by atoms with Gasteiger partial charge in [-0.1, -0.05) is 25.1 Å². The summed E-state index contributed by atoms with van der Waals surface area (Å²) in [6.45, 7) is 5.49. The third kappa shape index (κ3) is 4.24. The molecule has 1 aromatic carbocycles. The first-order valence-corrected chi connectivity index (χ1v) is 8.23. The van der Waals surface area contributed by atoms with E-state index in [1.807, 2.05) is 0 Å². The van der Waals surface area contributed by atoms with Crippen LogP contribution in [0.25, 0.3) is 6.08 Å². The molecule has 0 saturated carbocycles. The number of aryl methyl sites for hydroxylation is 1. The van der Waals surface area contributed by atoms with Gasteiger partial charge >= 0.3 is 11.7 Å². The lowest BCUT2D eigenvalue weighted by Gasteiger charge is -2.09. The Morgan fingerprint density at radius 1 is 1.15 bits per heavy atom. The summed E-state index contributed by atoms with van der Waals surface area (Å²) in [4.78, 5) is 52.1. The number of rotatable bonds is 6. The molecule has 2 N–H and O–H groups in total. The molecule has 26 heavy (non-hydrogen) atoms. The van der Waals surface area contributed by atoms with Gasteiger partial charge in [0.05, 0.1) is 12.3 Å². The first kappa shape index (κ1) is 19.1. The minimum Gasteiger partial charge on any atom is -0.463 e. The van der Waals surface area contributed by atoms with Crippen LogP contribution in [-0.2, 0) is 16.0 Å². The van der Waals surface area contributed by atoms with Crippen molar-refractivity contribution in [3.63, 3.8) is 0 Å². The molecule has 0 saturated heterocycles. The Kier molecular flexibility index (Phi) is 6.06. The fourth-order valence-corrected chi connectivity index (χ4v) is 2.58. The number of esters is 1. The second-order valence-corrected chi connectivity index (χ2v) is 5.60. The number of H-pyrrole nitrogens is 2. The van der Waals surface area contributed by atoms with E-state index < -0.39 is 23.0 Å². The zero-order chi connectivity index (χ0) is 19.3. The molecule has 1 aromatic heterocycles. The maximum atomic E-state index is 12.8. The number of ketones is 1. The Morgan fingerprint density at radius 2 is 1.88 bits per heavy atom. The van der Waals surface area contributed by atoms with Gasteiger partial charge in [-0.05, 0) is 37.5 Å². The molecule has 7 nitrogen and oxygen atoms in total. The molecule has 0 bridgehead atoms. The van der Waals surface area contributed by atoms with Crippen molar-refractivity contribution < 1.29 is 14.3 Å². The van der Waals surface area contributed by atoms with Crippen LogP contribution in [-0.4, -0.2) is 28.3 Å². The quantitative estimate of drug-likeness (QED) is 0.465. The standard InChI is InChI=1S/C19H20N2O5/c1-4-13-16(20-19(25)21-18(13)24)17(23)14-8-6-12(10-11(14)3)7-9-15(22)26-5-2/h6-10H,4-5H2,1-3H3,(H2,20,21,24,25)/b9-7+. The molecule has 1 heterocycles. The molecule has 7 heteroatoms. The Labute approximate surface area is 149 Å². The van der Waals surface area contributed by atoms with Crippen LogP contribution in [0, 0.1) is 6.92 Å². The lowest BCUT2D eigenvalue weighted by atomic mass is 9.97. The number of aromatic nitrogens is 2. The first-order chi connectivity index (χ1) is 12.4. The number of nitrogens with one attached hydrogen (secondary N) is 2. The van der Waals surface area contributed by atoms with Gasteiger partial charge < -0.3 is 9.72 Å². The monoisotopic (exact) mass is 356 g/mol. The van der Waals surface area contributed by atoms with Crippen LogP contribution in [0.5, 0.6) is 0 Å². The molecule has 0 aliphatic heterocycles. The van der Waals surface area contributed by atoms with Crippen LogP contribution in [0.15, 0.2) is 33.9 Å². The number of hydrogen-bond donors (Lipinski definition) is 2. The van der Waals surface area contributed by atoms with E-state index in [4.69, 9.17) is 4.74 Å². The minimum atomic E-state index is -0.720. The van der Waals surface area contributed by atoms with Crippen LogP contribution in [0.4, 0.5) is 0 Å². The molecule has 2 rings (SSSR count). The second kappa shape index (κ2) is 8.24. The zero-order valence-corrected chi connectivity index (χ0v) is 14.8. The predicted molar refractivity (Wildman–Crippen MR) is 97.3 cm³/mol. The van der Waals surface area contributed by atoms with Gasteiger partial charge in [0.15, 0.2) is 0 Å². The largest absolute Gasteiger partial charge is 0.463 e. The third-order valence-electron chi connectivity index (χ3n) is 3.82. The normalized spacial score (nSPS) is 10.9. The third-order valence-corrected chi connectivity index (χ3v) is 3.82. The molecule has 0 spiro atoms. The fraction of sp³-hybridized carbons (Fsp3) is 0.263. The van der Waals surface area contributed by atoms with Gasteiger partial charge in [-0.25, -0.2) is 9.59 Å². The van der Waals surface area contributed by atoms with Gasteiger partial charge in [-0.2, -0.15) is 0 Å². The van der Waals surface area contributed by atoms with Crippen molar-refractivity contribution >= 4 is 17.8 Å². The Morgan fingerprint density at radius 3 is 2.50 bits per heavy atom. The highest BCUT2D eigenvalue weighted by Gasteiger charge is 2.18. The Balaban J connectivity index is 2.39. The van der Waals surface area contributed by atoms with Crippen LogP contribution in [0.1, 0.15) is 46.6 Å². The molecule has 0 aliphatic carbocycles. The molecule has 2 aromatic rings. The van der Waals surface area contributed by atoms with E-state index in [0.29, 0.717) is 24.2 Å². The van der Waals surface area contributed by atoms with E-state index >= 15 is 0 Å². The molecular weight excluding hydrogens is 336 g/mol. The summed E-state index contributed by atoms with van der Waals surface area (Å²) in [5, 5.41) is 0. The zero-order valence-electron chi connectivity index (χ0n) is 14.8. The summed E-state index contributed by atoms with van der Waals surface area (Å²) in [6, 6.07) is 5.01. The van der Waals surface area contributed by atoms with Crippen molar-refractivity contribution in [2.24, 2.45) is 0 Å². The van der Waals surface area contributed by atoms with Crippen LogP contribution < -0.4 is 11.2 Å². The van der Waals surface area contributed by atoms with Gasteiger partial charge in [0.1, 0.15) is 0 Å². The number of benzene rings is 1. The van der Waals surface area contributed by atoms with Crippen molar-refractivity contribution in [2.45, 2.75) is 27.2 Å². The van der Waals surface area contributed by atoms with Gasteiger partial charge in [-0.15, -0.1) is 0 Å². The molecule has 0 amide bonds. The van der Waals surface area contributed by atoms with Gasteiger partial charge in [0.2, 0.25) is 5.78 Å². The lowest BCUT2D eigenvalue weighted by molar-refractivity contribution is -0.137. The van der Waals surface area contributed by atoms with E-state index in [2.05, 4.69) is 9.97 Å². The van der Waals surface area contributed by atoms with Crippen LogP contribution in [0.2, 0.25) is 0 Å². The average Bonchev–Trinajstić information content (AvgIpc) is 2.59. The van der Waals surface area contributed by atoms with E-state index in [1.165, 1.54) is 6.08 Å². The lowest BCUT2D eigenvalue weighted by Crippen LogP contribution is -2.30. The number of carbonyl (C=O) groups excluding carboxylic acids is 2. The van der Waals surface area contributed by atoms with Crippen LogP contribution >= 0.6 is 0 Å². The highest BCUT2D eigenvalue weighted by Crippen LogP contribution is 2.17. The molecule has 0 fully saturated rings. The number of ether oxygens (including phenoxy) is 1. The number of carbonyl (C=O) groups is 2. The fourth-order valence-electron chi connectivity index (χ4n) is 2.58. The average molecular weight is 356 g/mol. The summed E-state index contributed by atoms with van der Waals surface area (Å²) >= 11 is 0. The van der Waals surface area contributed by atoms with Crippen molar-refractivity contribution in [3.05, 3.63) is 73.1 Å². The maximum Gasteiger partial charge on any atom is 0.330 e. The van der Waals surface area contributed by atoms with Crippen LogP contribution in [0.3, 0.4) is 0 Å². The highest BCUT2D eigenvalue weighted by atomic mass is 16.5. The molecule has 0 radical (unpaired) electrons. The number of hydrogen-bond acceptors (Lipinski definition) is 5. The first-order valence-electron chi connectivity index (χ1n) is 8.23. The van der Waals surface area contributed by atoms with Gasteiger partial charge in [0.25, 0.3) is 5.56 Å². The summed E-state index contributed by atoms with van der Waals surface area (Å²) in [5.74, 6) is -0.873. The summed E-state index contributed by atoms with van der Waals surface area (Å²) in [7, 11) is 0. The SMILES string of the molecule is CCOC(=O)/C=C/c1ccc(C(=O)c2[nH]c(=O)[nH]c(=O)c2CC)c(C)c1. The Hall–Kier alpha value is -3.22. The van der Waals surface area contributed by atoms with E-state index in [9.17, 15) is 19.2 Å². The van der Waals surface area contributed by atoms with Crippen molar-refractivity contribution in [2.75, 3.05) is 6.61 Å².